The molecule has 1 fully saturated rings. The van der Waals surface area contributed by atoms with Gasteiger partial charge in [-0.1, -0.05) is 39.4 Å². The highest BCUT2D eigenvalue weighted by Gasteiger charge is 2.36. The van der Waals surface area contributed by atoms with E-state index in [4.69, 9.17) is 4.74 Å². The second-order valence-corrected chi connectivity index (χ2v) is 7.83. The molecule has 1 aliphatic rings. The van der Waals surface area contributed by atoms with Gasteiger partial charge in [0, 0.05) is 10.5 Å². The Hall–Kier alpha value is -1.73. The third-order valence-electron chi connectivity index (χ3n) is 3.88. The van der Waals surface area contributed by atoms with Crippen molar-refractivity contribution in [2.75, 3.05) is 11.5 Å². The van der Waals surface area contributed by atoms with E-state index in [-0.39, 0.29) is 17.9 Å². The molecule has 0 radical (unpaired) electrons. The fraction of sp³-hybridized carbons (Fsp3) is 0.389. The molecule has 1 aromatic heterocycles. The lowest BCUT2D eigenvalue weighted by molar-refractivity contribution is -0.118. The average Bonchev–Trinajstić information content (AvgIpc) is 3.30. The molecule has 1 aliphatic carbocycles. The van der Waals surface area contributed by atoms with E-state index in [2.05, 4.69) is 20.9 Å². The highest BCUT2D eigenvalue weighted by molar-refractivity contribution is 9.10. The van der Waals surface area contributed by atoms with Gasteiger partial charge in [0.15, 0.2) is 5.13 Å². The molecular formula is C18H19BrN2O3S. The molecule has 25 heavy (non-hydrogen) atoms. The van der Waals surface area contributed by atoms with Crippen LogP contribution in [0, 0.1) is 6.92 Å². The minimum absolute atomic E-state index is 0.00441. The first kappa shape index (κ1) is 18.1. The van der Waals surface area contributed by atoms with Gasteiger partial charge >= 0.3 is 5.97 Å². The number of rotatable bonds is 6. The first-order valence-corrected chi connectivity index (χ1v) is 9.81. The van der Waals surface area contributed by atoms with Crippen molar-refractivity contribution in [1.82, 2.24) is 4.98 Å². The summed E-state index contributed by atoms with van der Waals surface area (Å²) in [5.41, 5.74) is 1.56. The zero-order valence-corrected chi connectivity index (χ0v) is 16.5. The Morgan fingerprint density at radius 3 is 2.80 bits per heavy atom. The van der Waals surface area contributed by atoms with Crippen LogP contribution < -0.4 is 4.90 Å². The van der Waals surface area contributed by atoms with Crippen molar-refractivity contribution >= 4 is 44.3 Å². The Balaban J connectivity index is 1.83. The van der Waals surface area contributed by atoms with Crippen LogP contribution in [0.3, 0.4) is 0 Å². The summed E-state index contributed by atoms with van der Waals surface area (Å²) in [7, 11) is 0. The van der Waals surface area contributed by atoms with Crippen molar-refractivity contribution in [3.8, 4) is 0 Å². The Bertz CT molecular complexity index is 801. The number of hydrogen-bond acceptors (Lipinski definition) is 5. The van der Waals surface area contributed by atoms with Crippen LogP contribution in [-0.2, 0) is 16.0 Å². The molecule has 1 amide bonds. The number of halogens is 1. The zero-order valence-electron chi connectivity index (χ0n) is 14.1. The molecular weight excluding hydrogens is 404 g/mol. The van der Waals surface area contributed by atoms with Crippen LogP contribution in [0.2, 0.25) is 0 Å². The summed E-state index contributed by atoms with van der Waals surface area (Å²) in [6.45, 7) is 3.86. The van der Waals surface area contributed by atoms with Crippen LogP contribution in [0.5, 0.6) is 0 Å². The van der Waals surface area contributed by atoms with Crippen molar-refractivity contribution < 1.29 is 14.3 Å². The lowest BCUT2D eigenvalue weighted by Gasteiger charge is -2.19. The number of carbonyl (C=O) groups is 2. The molecule has 7 heteroatoms. The number of esters is 1. The summed E-state index contributed by atoms with van der Waals surface area (Å²) < 4.78 is 6.02. The van der Waals surface area contributed by atoms with Crippen LogP contribution in [0.25, 0.3) is 0 Å². The van der Waals surface area contributed by atoms with E-state index >= 15 is 0 Å². The lowest BCUT2D eigenvalue weighted by atomic mass is 10.1. The second kappa shape index (κ2) is 7.66. The molecule has 2 aromatic rings. The third kappa shape index (κ3) is 4.27. The lowest BCUT2D eigenvalue weighted by Crippen LogP contribution is -2.34. The number of anilines is 1. The van der Waals surface area contributed by atoms with Crippen LogP contribution in [-0.4, -0.2) is 29.5 Å². The van der Waals surface area contributed by atoms with Crippen molar-refractivity contribution in [2.45, 2.75) is 39.2 Å². The van der Waals surface area contributed by atoms with E-state index < -0.39 is 0 Å². The maximum Gasteiger partial charge on any atom is 0.350 e. The van der Waals surface area contributed by atoms with Gasteiger partial charge in [0.2, 0.25) is 5.91 Å². The maximum atomic E-state index is 12.9. The molecule has 0 spiro atoms. The van der Waals surface area contributed by atoms with E-state index in [0.29, 0.717) is 28.7 Å². The van der Waals surface area contributed by atoms with E-state index in [0.717, 1.165) is 22.9 Å². The molecule has 0 atom stereocenters. The summed E-state index contributed by atoms with van der Waals surface area (Å²) in [5, 5.41) is 0.586. The van der Waals surface area contributed by atoms with Gasteiger partial charge in [-0.2, -0.15) is 0 Å². The number of aromatic nitrogens is 1. The number of aryl methyl sites for hydroxylation is 1. The monoisotopic (exact) mass is 422 g/mol. The van der Waals surface area contributed by atoms with Crippen molar-refractivity contribution in [1.29, 1.82) is 0 Å². The minimum Gasteiger partial charge on any atom is -0.462 e. The molecule has 132 valence electrons. The number of nitrogens with zero attached hydrogens (tertiary/aromatic N) is 2. The van der Waals surface area contributed by atoms with Gasteiger partial charge in [0.1, 0.15) is 4.88 Å². The van der Waals surface area contributed by atoms with Crippen LogP contribution in [0.1, 0.15) is 40.7 Å². The largest absolute Gasteiger partial charge is 0.462 e. The van der Waals surface area contributed by atoms with E-state index in [1.165, 1.54) is 11.3 Å². The number of ether oxygens (including phenoxy) is 1. The molecule has 1 aromatic carbocycles. The quantitative estimate of drug-likeness (QED) is 0.656. The fourth-order valence-corrected chi connectivity index (χ4v) is 4.07. The van der Waals surface area contributed by atoms with Crippen molar-refractivity contribution in [3.05, 3.63) is 44.9 Å². The molecule has 0 saturated heterocycles. The van der Waals surface area contributed by atoms with Gasteiger partial charge in [-0.05, 0) is 44.4 Å². The van der Waals surface area contributed by atoms with E-state index in [1.54, 1.807) is 18.7 Å². The smallest absolute Gasteiger partial charge is 0.350 e. The van der Waals surface area contributed by atoms with Gasteiger partial charge < -0.3 is 4.74 Å². The Morgan fingerprint density at radius 2 is 2.16 bits per heavy atom. The SMILES string of the molecule is CCOC(=O)c1sc(N(C(=O)Cc2cccc(Br)c2)C2CC2)nc1C. The standard InChI is InChI=1S/C18H19BrN2O3S/c1-3-24-17(23)16-11(2)20-18(25-16)21(14-7-8-14)15(22)10-12-5-4-6-13(19)9-12/h4-6,9,14H,3,7-8,10H2,1-2H3. The molecule has 1 saturated carbocycles. The molecule has 0 aliphatic heterocycles. The van der Waals surface area contributed by atoms with Crippen molar-refractivity contribution in [3.63, 3.8) is 0 Å². The fourth-order valence-electron chi connectivity index (χ4n) is 2.58. The second-order valence-electron chi connectivity index (χ2n) is 5.93. The average molecular weight is 423 g/mol. The minimum atomic E-state index is -0.376. The Morgan fingerprint density at radius 1 is 1.40 bits per heavy atom. The predicted molar refractivity (Wildman–Crippen MR) is 101 cm³/mol. The first-order chi connectivity index (χ1) is 12.0. The first-order valence-electron chi connectivity index (χ1n) is 8.20. The highest BCUT2D eigenvalue weighted by atomic mass is 79.9. The van der Waals surface area contributed by atoms with Gasteiger partial charge in [0.25, 0.3) is 0 Å². The normalized spacial score (nSPS) is 13.6. The molecule has 5 nitrogen and oxygen atoms in total. The van der Waals surface area contributed by atoms with E-state index in [1.807, 2.05) is 24.3 Å². The summed E-state index contributed by atoms with van der Waals surface area (Å²) >= 11 is 4.67. The number of thiazole rings is 1. The Kier molecular flexibility index (Phi) is 5.54. The van der Waals surface area contributed by atoms with Crippen LogP contribution >= 0.6 is 27.3 Å². The highest BCUT2D eigenvalue weighted by Crippen LogP contribution is 2.36. The van der Waals surface area contributed by atoms with Crippen LogP contribution in [0.4, 0.5) is 5.13 Å². The number of benzene rings is 1. The zero-order chi connectivity index (χ0) is 18.0. The third-order valence-corrected chi connectivity index (χ3v) is 5.51. The molecule has 3 rings (SSSR count). The number of hydrogen-bond donors (Lipinski definition) is 0. The summed E-state index contributed by atoms with van der Waals surface area (Å²) in [6, 6.07) is 7.91. The number of carbonyl (C=O) groups excluding carboxylic acids is 2. The Labute approximate surface area is 159 Å². The molecule has 0 unspecified atom stereocenters. The van der Waals surface area contributed by atoms with E-state index in [9.17, 15) is 9.59 Å². The number of amides is 1. The topological polar surface area (TPSA) is 59.5 Å². The molecule has 0 N–H and O–H groups in total. The summed E-state index contributed by atoms with van der Waals surface area (Å²) in [4.78, 5) is 31.6. The molecule has 1 heterocycles. The van der Waals surface area contributed by atoms with Gasteiger partial charge in [-0.3, -0.25) is 9.69 Å². The molecule has 0 bridgehead atoms. The maximum absolute atomic E-state index is 12.9. The predicted octanol–water partition coefficient (Wildman–Crippen LogP) is 4.13. The van der Waals surface area contributed by atoms with Gasteiger partial charge in [-0.25, -0.2) is 9.78 Å². The van der Waals surface area contributed by atoms with Crippen LogP contribution in [0.15, 0.2) is 28.7 Å². The summed E-state index contributed by atoms with van der Waals surface area (Å²) in [6.07, 6.45) is 2.25. The van der Waals surface area contributed by atoms with Gasteiger partial charge in [0.05, 0.1) is 18.7 Å². The van der Waals surface area contributed by atoms with Gasteiger partial charge in [-0.15, -0.1) is 0 Å². The summed E-state index contributed by atoms with van der Waals surface area (Å²) in [5.74, 6) is -0.372. The van der Waals surface area contributed by atoms with Crippen molar-refractivity contribution in [2.24, 2.45) is 0 Å².